The first-order chi connectivity index (χ1) is 12.2. The van der Waals surface area contributed by atoms with Crippen molar-refractivity contribution in [2.45, 2.75) is 45.3 Å². The number of rotatable bonds is 7. The maximum absolute atomic E-state index is 12.2. The Bertz CT molecular complexity index is 681. The van der Waals surface area contributed by atoms with E-state index < -0.39 is 0 Å². The number of carbonyl (C=O) groups is 1. The minimum absolute atomic E-state index is 0.136. The van der Waals surface area contributed by atoms with E-state index in [-0.39, 0.29) is 12.0 Å². The number of thiazole rings is 1. The summed E-state index contributed by atoms with van der Waals surface area (Å²) in [4.78, 5) is 21.0. The highest BCUT2D eigenvalue weighted by atomic mass is 32.1. The van der Waals surface area contributed by atoms with Gasteiger partial charge in [-0.25, -0.2) is 9.97 Å². The first-order valence-corrected chi connectivity index (χ1v) is 9.65. The summed E-state index contributed by atoms with van der Waals surface area (Å²) in [6, 6.07) is 3.61. The monoisotopic (exact) mass is 360 g/mol. The maximum atomic E-state index is 12.2. The number of ether oxygens (including phenoxy) is 1. The molecule has 3 heterocycles. The van der Waals surface area contributed by atoms with Gasteiger partial charge in [-0.15, -0.1) is 11.3 Å². The first kappa shape index (κ1) is 17.8. The van der Waals surface area contributed by atoms with Gasteiger partial charge in [0.2, 0.25) is 0 Å². The summed E-state index contributed by atoms with van der Waals surface area (Å²) in [6.45, 7) is 4.11. The number of hydrogen-bond acceptors (Lipinski definition) is 6. The molecule has 0 radical (unpaired) electrons. The Morgan fingerprint density at radius 2 is 2.32 bits per heavy atom. The highest BCUT2D eigenvalue weighted by Gasteiger charge is 2.13. The van der Waals surface area contributed by atoms with Crippen LogP contribution >= 0.6 is 11.3 Å². The highest BCUT2D eigenvalue weighted by molar-refractivity contribution is 7.09. The number of aromatic nitrogens is 2. The average Bonchev–Trinajstić information content (AvgIpc) is 3.14. The molecule has 1 fully saturated rings. The lowest BCUT2D eigenvalue weighted by atomic mass is 10.1. The summed E-state index contributed by atoms with van der Waals surface area (Å²) < 4.78 is 5.69. The summed E-state index contributed by atoms with van der Waals surface area (Å²) >= 11 is 1.57. The van der Waals surface area contributed by atoms with Gasteiger partial charge in [0.1, 0.15) is 10.8 Å². The van der Waals surface area contributed by atoms with E-state index in [0.29, 0.717) is 12.1 Å². The van der Waals surface area contributed by atoms with Crippen molar-refractivity contribution in [1.29, 1.82) is 0 Å². The Kier molecular flexibility index (Phi) is 6.36. The van der Waals surface area contributed by atoms with Gasteiger partial charge in [-0.05, 0) is 37.8 Å². The van der Waals surface area contributed by atoms with Crippen molar-refractivity contribution in [3.63, 3.8) is 0 Å². The summed E-state index contributed by atoms with van der Waals surface area (Å²) in [5.41, 5.74) is 1.61. The number of nitrogens with zero attached hydrogens (tertiary/aromatic N) is 2. The lowest BCUT2D eigenvalue weighted by molar-refractivity contribution is 0.0247. The third-order valence-electron chi connectivity index (χ3n) is 4.17. The molecular weight excluding hydrogens is 336 g/mol. The number of aryl methyl sites for hydroxylation is 1. The zero-order valence-electron chi connectivity index (χ0n) is 14.5. The summed E-state index contributed by atoms with van der Waals surface area (Å²) in [7, 11) is 0. The van der Waals surface area contributed by atoms with E-state index in [9.17, 15) is 4.79 Å². The van der Waals surface area contributed by atoms with Crippen molar-refractivity contribution in [3.8, 4) is 0 Å². The van der Waals surface area contributed by atoms with Gasteiger partial charge >= 0.3 is 0 Å². The molecular formula is C18H24N4O2S. The molecule has 6 nitrogen and oxygen atoms in total. The van der Waals surface area contributed by atoms with Crippen LogP contribution in [0.3, 0.4) is 0 Å². The Hall–Kier alpha value is -1.99. The molecule has 1 aliphatic rings. The van der Waals surface area contributed by atoms with Crippen LogP contribution in [0.1, 0.15) is 47.2 Å². The van der Waals surface area contributed by atoms with Crippen LogP contribution in [-0.4, -0.2) is 35.1 Å². The fraction of sp³-hybridized carbons (Fsp3) is 0.500. The van der Waals surface area contributed by atoms with Crippen LogP contribution in [0.4, 0.5) is 5.82 Å². The minimum atomic E-state index is -0.136. The number of amides is 1. The van der Waals surface area contributed by atoms with Crippen LogP contribution in [0.2, 0.25) is 0 Å². The van der Waals surface area contributed by atoms with Crippen LogP contribution < -0.4 is 10.6 Å². The van der Waals surface area contributed by atoms with E-state index in [1.54, 1.807) is 23.6 Å². The summed E-state index contributed by atoms with van der Waals surface area (Å²) in [5.74, 6) is 0.626. The zero-order valence-corrected chi connectivity index (χ0v) is 15.3. The van der Waals surface area contributed by atoms with Crippen LogP contribution in [0, 0.1) is 0 Å². The number of hydrogen-bond donors (Lipinski definition) is 2. The molecule has 1 aliphatic heterocycles. The Labute approximate surface area is 152 Å². The topological polar surface area (TPSA) is 76.1 Å². The molecule has 0 unspecified atom stereocenters. The van der Waals surface area contributed by atoms with Gasteiger partial charge in [-0.1, -0.05) is 6.92 Å². The van der Waals surface area contributed by atoms with E-state index in [2.05, 4.69) is 27.5 Å². The Morgan fingerprint density at radius 3 is 3.00 bits per heavy atom. The molecule has 2 aromatic rings. The average molecular weight is 360 g/mol. The second-order valence-corrected chi connectivity index (χ2v) is 7.01. The predicted molar refractivity (Wildman–Crippen MR) is 99.0 cm³/mol. The zero-order chi connectivity index (χ0) is 17.5. The molecule has 0 spiro atoms. The second-order valence-electron chi connectivity index (χ2n) is 6.07. The highest BCUT2D eigenvalue weighted by Crippen LogP contribution is 2.14. The standard InChI is InChI=1S/C18H24N4O2S/c1-2-14-12-25-17(22-14)11-21-18(23)13-6-7-16(19-9-13)20-10-15-5-3-4-8-24-15/h6-7,9,12,15H,2-5,8,10-11H2,1H3,(H,19,20)(H,21,23)/t15-/m1/s1. The van der Waals surface area contributed by atoms with Gasteiger partial charge in [0, 0.05) is 24.7 Å². The van der Waals surface area contributed by atoms with Crippen molar-refractivity contribution in [1.82, 2.24) is 15.3 Å². The largest absolute Gasteiger partial charge is 0.376 e. The maximum Gasteiger partial charge on any atom is 0.253 e. The summed E-state index contributed by atoms with van der Waals surface area (Å²) in [5, 5.41) is 9.10. The molecule has 7 heteroatoms. The van der Waals surface area contributed by atoms with E-state index in [1.807, 2.05) is 11.4 Å². The van der Waals surface area contributed by atoms with Crippen LogP contribution in [-0.2, 0) is 17.7 Å². The molecule has 2 N–H and O–H groups in total. The van der Waals surface area contributed by atoms with E-state index in [1.165, 1.54) is 6.42 Å². The van der Waals surface area contributed by atoms with Crippen LogP contribution in [0.5, 0.6) is 0 Å². The molecule has 2 aromatic heterocycles. The normalized spacial score (nSPS) is 17.2. The molecule has 0 aliphatic carbocycles. The van der Waals surface area contributed by atoms with Gasteiger partial charge in [0.15, 0.2) is 0 Å². The molecule has 0 bridgehead atoms. The first-order valence-electron chi connectivity index (χ1n) is 8.77. The Morgan fingerprint density at radius 1 is 1.40 bits per heavy atom. The van der Waals surface area contributed by atoms with Gasteiger partial charge in [0.05, 0.1) is 23.9 Å². The molecule has 0 aromatic carbocycles. The third-order valence-corrected chi connectivity index (χ3v) is 5.07. The molecule has 0 saturated carbocycles. The van der Waals surface area contributed by atoms with Crippen molar-refractivity contribution >= 4 is 23.1 Å². The van der Waals surface area contributed by atoms with Gasteiger partial charge in [-0.2, -0.15) is 0 Å². The Balaban J connectivity index is 1.46. The molecule has 1 amide bonds. The van der Waals surface area contributed by atoms with Crippen molar-refractivity contribution in [2.75, 3.05) is 18.5 Å². The number of carbonyl (C=O) groups excluding carboxylic acids is 1. The second kappa shape index (κ2) is 8.92. The van der Waals surface area contributed by atoms with Crippen LogP contribution in [0.25, 0.3) is 0 Å². The fourth-order valence-electron chi connectivity index (χ4n) is 2.67. The van der Waals surface area contributed by atoms with E-state index in [4.69, 9.17) is 4.74 Å². The molecule has 25 heavy (non-hydrogen) atoms. The van der Waals surface area contributed by atoms with E-state index >= 15 is 0 Å². The number of anilines is 1. The number of nitrogens with one attached hydrogen (secondary N) is 2. The quantitative estimate of drug-likeness (QED) is 0.794. The fourth-order valence-corrected chi connectivity index (χ4v) is 3.49. The van der Waals surface area contributed by atoms with Crippen molar-refractivity contribution in [2.24, 2.45) is 0 Å². The minimum Gasteiger partial charge on any atom is -0.376 e. The lowest BCUT2D eigenvalue weighted by Gasteiger charge is -2.22. The predicted octanol–water partition coefficient (Wildman–Crippen LogP) is 3.01. The van der Waals surface area contributed by atoms with Crippen molar-refractivity contribution in [3.05, 3.63) is 40.0 Å². The smallest absolute Gasteiger partial charge is 0.253 e. The van der Waals surface area contributed by atoms with Gasteiger partial charge < -0.3 is 15.4 Å². The summed E-state index contributed by atoms with van der Waals surface area (Å²) in [6.07, 6.45) is 6.22. The van der Waals surface area contributed by atoms with Crippen LogP contribution in [0.15, 0.2) is 23.7 Å². The lowest BCUT2D eigenvalue weighted by Crippen LogP contribution is -2.27. The van der Waals surface area contributed by atoms with Gasteiger partial charge in [0.25, 0.3) is 5.91 Å². The molecule has 134 valence electrons. The molecule has 3 rings (SSSR count). The van der Waals surface area contributed by atoms with Crippen molar-refractivity contribution < 1.29 is 9.53 Å². The SMILES string of the molecule is CCc1csc(CNC(=O)c2ccc(NC[C@H]3CCCCO3)nc2)n1. The van der Waals surface area contributed by atoms with Gasteiger partial charge in [-0.3, -0.25) is 4.79 Å². The van der Waals surface area contributed by atoms with E-state index in [0.717, 1.165) is 48.9 Å². The molecule has 1 saturated heterocycles. The third kappa shape index (κ3) is 5.24. The number of pyridine rings is 1. The molecule has 1 atom stereocenters.